The Bertz CT molecular complexity index is 802. The van der Waals surface area contributed by atoms with Crippen molar-refractivity contribution >= 4 is 17.7 Å². The van der Waals surface area contributed by atoms with Gasteiger partial charge in [-0.3, -0.25) is 0 Å². The van der Waals surface area contributed by atoms with Gasteiger partial charge in [0.15, 0.2) is 0 Å². The molecular formula is C20H20N2O3. The summed E-state index contributed by atoms with van der Waals surface area (Å²) >= 11 is 0. The van der Waals surface area contributed by atoms with E-state index in [9.17, 15) is 10.1 Å². The molecule has 0 aliphatic heterocycles. The Balaban J connectivity index is 2.06. The minimum absolute atomic E-state index is 0.0412. The van der Waals surface area contributed by atoms with Gasteiger partial charge in [-0.15, -0.1) is 0 Å². The lowest BCUT2D eigenvalue weighted by molar-refractivity contribution is -0.139. The topological polar surface area (TPSA) is 62.6 Å². The second kappa shape index (κ2) is 8.55. The molecular weight excluding hydrogens is 316 g/mol. The van der Waals surface area contributed by atoms with Gasteiger partial charge in [0.1, 0.15) is 24.0 Å². The van der Waals surface area contributed by atoms with Crippen molar-refractivity contribution in [3.05, 3.63) is 65.2 Å². The largest absolute Gasteiger partial charge is 0.497 e. The average Bonchev–Trinajstić information content (AvgIpc) is 2.64. The van der Waals surface area contributed by atoms with E-state index in [1.54, 1.807) is 13.2 Å². The van der Waals surface area contributed by atoms with Crippen molar-refractivity contribution in [3.8, 4) is 11.8 Å². The van der Waals surface area contributed by atoms with Gasteiger partial charge in [0.25, 0.3) is 0 Å². The van der Waals surface area contributed by atoms with Crippen LogP contribution in [0.1, 0.15) is 11.1 Å². The fourth-order valence-electron chi connectivity index (χ4n) is 2.16. The average molecular weight is 336 g/mol. The van der Waals surface area contributed by atoms with Crippen LogP contribution in [0.2, 0.25) is 0 Å². The molecule has 5 heteroatoms. The molecule has 2 aromatic carbocycles. The lowest BCUT2D eigenvalue weighted by Gasteiger charge is -2.11. The van der Waals surface area contributed by atoms with Crippen molar-refractivity contribution in [2.45, 2.75) is 6.61 Å². The van der Waals surface area contributed by atoms with Gasteiger partial charge in [-0.25, -0.2) is 4.79 Å². The Morgan fingerprint density at radius 1 is 1.20 bits per heavy atom. The maximum absolute atomic E-state index is 12.1. The Labute approximate surface area is 147 Å². The number of nitrogens with zero attached hydrogens (tertiary/aromatic N) is 2. The third-order valence-electron chi connectivity index (χ3n) is 3.56. The number of esters is 1. The predicted molar refractivity (Wildman–Crippen MR) is 97.1 cm³/mol. The molecule has 25 heavy (non-hydrogen) atoms. The molecule has 0 aliphatic carbocycles. The predicted octanol–water partition coefficient (Wildman–Crippen LogP) is 3.41. The van der Waals surface area contributed by atoms with E-state index >= 15 is 0 Å². The molecule has 2 aromatic rings. The van der Waals surface area contributed by atoms with Crippen LogP contribution >= 0.6 is 0 Å². The van der Waals surface area contributed by atoms with Gasteiger partial charge >= 0.3 is 5.97 Å². The summed E-state index contributed by atoms with van der Waals surface area (Å²) in [6, 6.07) is 16.7. The van der Waals surface area contributed by atoms with Crippen molar-refractivity contribution in [1.82, 2.24) is 0 Å². The molecule has 0 heterocycles. The zero-order chi connectivity index (χ0) is 18.2. The number of ether oxygens (including phenoxy) is 2. The normalized spacial score (nSPS) is 10.7. The van der Waals surface area contributed by atoms with Crippen molar-refractivity contribution in [3.63, 3.8) is 0 Å². The molecule has 2 rings (SSSR count). The van der Waals surface area contributed by atoms with Crippen LogP contribution < -0.4 is 9.64 Å². The third kappa shape index (κ3) is 5.11. The summed E-state index contributed by atoms with van der Waals surface area (Å²) < 4.78 is 10.3. The quantitative estimate of drug-likeness (QED) is 0.459. The molecule has 0 atom stereocenters. The second-order valence-electron chi connectivity index (χ2n) is 5.58. The Kier molecular flexibility index (Phi) is 6.19. The summed E-state index contributed by atoms with van der Waals surface area (Å²) in [7, 11) is 5.46. The van der Waals surface area contributed by atoms with Gasteiger partial charge in [-0.2, -0.15) is 5.26 Å². The molecule has 0 aromatic heterocycles. The summed E-state index contributed by atoms with van der Waals surface area (Å²) in [5, 5.41) is 9.23. The number of carbonyl (C=O) groups is 1. The number of rotatable bonds is 6. The highest BCUT2D eigenvalue weighted by Crippen LogP contribution is 2.16. The summed E-state index contributed by atoms with van der Waals surface area (Å²) in [6.45, 7) is 0.0780. The Morgan fingerprint density at radius 2 is 1.92 bits per heavy atom. The summed E-state index contributed by atoms with van der Waals surface area (Å²) in [4.78, 5) is 14.1. The van der Waals surface area contributed by atoms with Crippen LogP contribution in [-0.4, -0.2) is 27.2 Å². The highest BCUT2D eigenvalue weighted by atomic mass is 16.5. The van der Waals surface area contributed by atoms with Crippen LogP contribution in [0, 0.1) is 11.3 Å². The lowest BCUT2D eigenvalue weighted by atomic mass is 10.1. The molecule has 0 saturated carbocycles. The van der Waals surface area contributed by atoms with Gasteiger partial charge < -0.3 is 14.4 Å². The molecule has 0 fully saturated rings. The first-order valence-electron chi connectivity index (χ1n) is 7.72. The first kappa shape index (κ1) is 18.1. The monoisotopic (exact) mass is 336 g/mol. The van der Waals surface area contributed by atoms with Crippen LogP contribution in [0.5, 0.6) is 5.75 Å². The van der Waals surface area contributed by atoms with Gasteiger partial charge in [-0.1, -0.05) is 24.3 Å². The van der Waals surface area contributed by atoms with E-state index in [0.717, 1.165) is 16.8 Å². The van der Waals surface area contributed by atoms with Crippen LogP contribution in [-0.2, 0) is 16.1 Å². The van der Waals surface area contributed by atoms with Gasteiger partial charge in [0, 0.05) is 19.8 Å². The number of hydrogen-bond donors (Lipinski definition) is 0. The van der Waals surface area contributed by atoms with E-state index in [1.807, 2.05) is 67.5 Å². The number of nitriles is 1. The first-order chi connectivity index (χ1) is 12.0. The molecule has 0 spiro atoms. The molecule has 0 saturated heterocycles. The standard InChI is InChI=1S/C20H20N2O3/c1-22(2)18-9-7-15(8-10-18)11-17(13-21)20(23)25-14-16-5-4-6-19(12-16)24-3/h4-12H,14H2,1-3H3/b17-11+. The molecule has 0 bridgehead atoms. The van der Waals surface area contributed by atoms with E-state index in [0.29, 0.717) is 5.75 Å². The molecule has 5 nitrogen and oxygen atoms in total. The van der Waals surface area contributed by atoms with Gasteiger partial charge in [0.2, 0.25) is 0 Å². The van der Waals surface area contributed by atoms with Crippen LogP contribution in [0.25, 0.3) is 6.08 Å². The summed E-state index contributed by atoms with van der Waals surface area (Å²) in [5.74, 6) is 0.0348. The van der Waals surface area contributed by atoms with Crippen molar-refractivity contribution in [1.29, 1.82) is 5.26 Å². The molecule has 0 aliphatic rings. The fraction of sp³-hybridized carbons (Fsp3) is 0.200. The number of anilines is 1. The van der Waals surface area contributed by atoms with Gasteiger partial charge in [-0.05, 0) is 41.5 Å². The highest BCUT2D eigenvalue weighted by molar-refractivity contribution is 5.97. The number of methoxy groups -OCH3 is 1. The fourth-order valence-corrected chi connectivity index (χ4v) is 2.16. The van der Waals surface area contributed by atoms with Crippen molar-refractivity contribution in [2.24, 2.45) is 0 Å². The summed E-state index contributed by atoms with van der Waals surface area (Å²) in [5.41, 5.74) is 2.55. The molecule has 128 valence electrons. The maximum Gasteiger partial charge on any atom is 0.349 e. The molecule has 0 radical (unpaired) electrons. The van der Waals surface area contributed by atoms with Crippen LogP contribution in [0.4, 0.5) is 5.69 Å². The lowest BCUT2D eigenvalue weighted by Crippen LogP contribution is -2.08. The molecule has 0 N–H and O–H groups in total. The third-order valence-corrected chi connectivity index (χ3v) is 3.56. The Hall–Kier alpha value is -3.26. The number of carbonyl (C=O) groups excluding carboxylic acids is 1. The van der Waals surface area contributed by atoms with E-state index in [-0.39, 0.29) is 12.2 Å². The molecule has 0 amide bonds. The Morgan fingerprint density at radius 3 is 2.52 bits per heavy atom. The minimum Gasteiger partial charge on any atom is -0.497 e. The van der Waals surface area contributed by atoms with Crippen LogP contribution in [0.15, 0.2) is 54.1 Å². The van der Waals surface area contributed by atoms with E-state index < -0.39 is 5.97 Å². The zero-order valence-electron chi connectivity index (χ0n) is 14.5. The highest BCUT2D eigenvalue weighted by Gasteiger charge is 2.11. The van der Waals surface area contributed by atoms with E-state index in [4.69, 9.17) is 9.47 Å². The van der Waals surface area contributed by atoms with E-state index in [2.05, 4.69) is 0 Å². The minimum atomic E-state index is -0.651. The van der Waals surface area contributed by atoms with Gasteiger partial charge in [0.05, 0.1) is 7.11 Å². The number of benzene rings is 2. The smallest absolute Gasteiger partial charge is 0.349 e. The van der Waals surface area contributed by atoms with E-state index in [1.165, 1.54) is 6.08 Å². The number of hydrogen-bond acceptors (Lipinski definition) is 5. The SMILES string of the molecule is COc1cccc(COC(=O)/C(C#N)=C/c2ccc(N(C)C)cc2)c1. The first-order valence-corrected chi connectivity index (χ1v) is 7.72. The maximum atomic E-state index is 12.1. The molecule has 0 unspecified atom stereocenters. The van der Waals surface area contributed by atoms with Crippen molar-refractivity contribution < 1.29 is 14.3 Å². The van der Waals surface area contributed by atoms with Crippen molar-refractivity contribution in [2.75, 3.05) is 26.1 Å². The zero-order valence-corrected chi connectivity index (χ0v) is 14.5. The summed E-state index contributed by atoms with van der Waals surface area (Å²) in [6.07, 6.45) is 1.52. The second-order valence-corrected chi connectivity index (χ2v) is 5.58. The van der Waals surface area contributed by atoms with Crippen LogP contribution in [0.3, 0.4) is 0 Å².